The molecule has 0 spiro atoms. The first-order chi connectivity index (χ1) is 7.15. The summed E-state index contributed by atoms with van der Waals surface area (Å²) in [5.74, 6) is 5.11. The third-order valence-corrected chi connectivity index (χ3v) is 3.29. The Labute approximate surface area is 89.3 Å². The Hall–Kier alpha value is -1.73. The summed E-state index contributed by atoms with van der Waals surface area (Å²) in [7, 11) is 0. The van der Waals surface area contributed by atoms with Gasteiger partial charge in [0.05, 0.1) is 10.3 Å². The Morgan fingerprint density at radius 3 is 2.87 bits per heavy atom. The van der Waals surface area contributed by atoms with E-state index in [0.29, 0.717) is 15.5 Å². The molecule has 0 unspecified atom stereocenters. The highest BCUT2D eigenvalue weighted by molar-refractivity contribution is 7.20. The highest BCUT2D eigenvalue weighted by Crippen LogP contribution is 2.31. The summed E-state index contributed by atoms with van der Waals surface area (Å²) in [5.41, 5.74) is 8.55. The third kappa shape index (κ3) is 1.41. The molecule has 7 heteroatoms. The van der Waals surface area contributed by atoms with E-state index in [4.69, 9.17) is 11.6 Å². The SMILES string of the molecule is Cc1c(C(=O)NN)sc2ncnc(N)c12. The number of anilines is 1. The van der Waals surface area contributed by atoms with Crippen molar-refractivity contribution in [3.8, 4) is 0 Å². The van der Waals surface area contributed by atoms with E-state index < -0.39 is 0 Å². The molecule has 2 rings (SSSR count). The van der Waals surface area contributed by atoms with Gasteiger partial charge in [0.25, 0.3) is 5.91 Å². The molecule has 2 aromatic heterocycles. The van der Waals surface area contributed by atoms with Gasteiger partial charge in [-0.3, -0.25) is 10.2 Å². The zero-order valence-electron chi connectivity index (χ0n) is 7.94. The summed E-state index contributed by atoms with van der Waals surface area (Å²) >= 11 is 1.25. The van der Waals surface area contributed by atoms with E-state index in [0.717, 1.165) is 10.9 Å². The molecule has 5 N–H and O–H groups in total. The van der Waals surface area contributed by atoms with Crippen LogP contribution in [0.25, 0.3) is 10.2 Å². The lowest BCUT2D eigenvalue weighted by atomic mass is 10.2. The zero-order chi connectivity index (χ0) is 11.0. The van der Waals surface area contributed by atoms with E-state index in [1.54, 1.807) is 6.92 Å². The molecule has 0 bridgehead atoms. The van der Waals surface area contributed by atoms with Crippen LogP contribution in [-0.2, 0) is 0 Å². The number of carbonyl (C=O) groups excluding carboxylic acids is 1. The number of amides is 1. The van der Waals surface area contributed by atoms with E-state index in [2.05, 4.69) is 15.4 Å². The number of hydrogen-bond acceptors (Lipinski definition) is 6. The van der Waals surface area contributed by atoms with Crippen LogP contribution in [0.15, 0.2) is 6.33 Å². The van der Waals surface area contributed by atoms with Crippen LogP contribution < -0.4 is 17.0 Å². The van der Waals surface area contributed by atoms with Crippen molar-refractivity contribution >= 4 is 33.3 Å². The number of hydrazine groups is 1. The normalized spacial score (nSPS) is 10.5. The van der Waals surface area contributed by atoms with Gasteiger partial charge in [0.1, 0.15) is 17.0 Å². The molecular formula is C8H9N5OS. The number of aromatic nitrogens is 2. The Bertz CT molecular complexity index is 535. The van der Waals surface area contributed by atoms with Crippen molar-refractivity contribution in [1.82, 2.24) is 15.4 Å². The number of nitrogens with one attached hydrogen (secondary N) is 1. The lowest BCUT2D eigenvalue weighted by Crippen LogP contribution is -2.29. The van der Waals surface area contributed by atoms with Gasteiger partial charge in [0, 0.05) is 0 Å². The molecule has 2 aromatic rings. The third-order valence-electron chi connectivity index (χ3n) is 2.09. The zero-order valence-corrected chi connectivity index (χ0v) is 8.76. The van der Waals surface area contributed by atoms with Crippen LogP contribution >= 0.6 is 11.3 Å². The first kappa shape index (κ1) is 9.81. The van der Waals surface area contributed by atoms with Crippen LogP contribution in [0.1, 0.15) is 15.2 Å². The first-order valence-electron chi connectivity index (χ1n) is 4.15. The lowest BCUT2D eigenvalue weighted by Gasteiger charge is -1.97. The van der Waals surface area contributed by atoms with Crippen molar-refractivity contribution in [2.45, 2.75) is 6.92 Å². The van der Waals surface area contributed by atoms with Crippen molar-refractivity contribution < 1.29 is 4.79 Å². The van der Waals surface area contributed by atoms with Crippen LogP contribution in [0.2, 0.25) is 0 Å². The second-order valence-electron chi connectivity index (χ2n) is 2.97. The minimum Gasteiger partial charge on any atom is -0.383 e. The minimum atomic E-state index is -0.338. The van der Waals surface area contributed by atoms with Gasteiger partial charge in [0.2, 0.25) is 0 Å². The molecule has 0 fully saturated rings. The van der Waals surface area contributed by atoms with Crippen LogP contribution in [0.5, 0.6) is 0 Å². The number of nitrogens with two attached hydrogens (primary N) is 2. The first-order valence-corrected chi connectivity index (χ1v) is 4.97. The fraction of sp³-hybridized carbons (Fsp3) is 0.125. The summed E-state index contributed by atoms with van der Waals surface area (Å²) in [6.07, 6.45) is 1.37. The maximum absolute atomic E-state index is 11.4. The Kier molecular flexibility index (Phi) is 2.25. The topological polar surface area (TPSA) is 107 Å². The number of nitrogen functional groups attached to an aromatic ring is 2. The molecule has 0 aliphatic rings. The maximum atomic E-state index is 11.4. The summed E-state index contributed by atoms with van der Waals surface area (Å²) in [6.45, 7) is 1.79. The van der Waals surface area contributed by atoms with Crippen LogP contribution in [-0.4, -0.2) is 15.9 Å². The fourth-order valence-corrected chi connectivity index (χ4v) is 2.44. The molecule has 0 radical (unpaired) electrons. The lowest BCUT2D eigenvalue weighted by molar-refractivity contribution is 0.0957. The fourth-order valence-electron chi connectivity index (χ4n) is 1.38. The van der Waals surface area contributed by atoms with E-state index in [9.17, 15) is 4.79 Å². The van der Waals surface area contributed by atoms with Crippen LogP contribution in [0, 0.1) is 6.92 Å². The number of aryl methyl sites for hydroxylation is 1. The van der Waals surface area contributed by atoms with Gasteiger partial charge in [0.15, 0.2) is 0 Å². The second-order valence-corrected chi connectivity index (χ2v) is 3.97. The van der Waals surface area contributed by atoms with Gasteiger partial charge in [-0.25, -0.2) is 15.8 Å². The predicted octanol–water partition coefficient (Wildman–Crippen LogP) is 0.185. The number of fused-ring (bicyclic) bond motifs is 1. The monoisotopic (exact) mass is 223 g/mol. The molecule has 2 heterocycles. The number of hydrogen-bond donors (Lipinski definition) is 3. The second kappa shape index (κ2) is 3.44. The van der Waals surface area contributed by atoms with Crippen LogP contribution in [0.3, 0.4) is 0 Å². The van der Waals surface area contributed by atoms with Crippen molar-refractivity contribution in [2.24, 2.45) is 5.84 Å². The van der Waals surface area contributed by atoms with Crippen molar-refractivity contribution in [3.63, 3.8) is 0 Å². The highest BCUT2D eigenvalue weighted by Gasteiger charge is 2.17. The van der Waals surface area contributed by atoms with Crippen molar-refractivity contribution in [2.75, 3.05) is 5.73 Å². The van der Waals surface area contributed by atoms with E-state index >= 15 is 0 Å². The number of nitrogens with zero attached hydrogens (tertiary/aromatic N) is 2. The molecular weight excluding hydrogens is 214 g/mol. The quantitative estimate of drug-likeness (QED) is 0.363. The Morgan fingerprint density at radius 1 is 1.53 bits per heavy atom. The largest absolute Gasteiger partial charge is 0.383 e. The average molecular weight is 223 g/mol. The maximum Gasteiger partial charge on any atom is 0.275 e. The molecule has 78 valence electrons. The molecule has 0 aromatic carbocycles. The molecule has 15 heavy (non-hydrogen) atoms. The van der Waals surface area contributed by atoms with Gasteiger partial charge in [-0.15, -0.1) is 11.3 Å². The van der Waals surface area contributed by atoms with E-state index in [-0.39, 0.29) is 5.91 Å². The number of thiophene rings is 1. The minimum absolute atomic E-state index is 0.338. The smallest absolute Gasteiger partial charge is 0.275 e. The Balaban J connectivity index is 2.75. The summed E-state index contributed by atoms with van der Waals surface area (Å²) in [4.78, 5) is 20.5. The van der Waals surface area contributed by atoms with E-state index in [1.165, 1.54) is 17.7 Å². The molecule has 0 aliphatic heterocycles. The Morgan fingerprint density at radius 2 is 2.27 bits per heavy atom. The molecule has 0 saturated heterocycles. The van der Waals surface area contributed by atoms with Gasteiger partial charge < -0.3 is 5.73 Å². The van der Waals surface area contributed by atoms with Crippen molar-refractivity contribution in [1.29, 1.82) is 0 Å². The number of rotatable bonds is 1. The standard InChI is InChI=1S/C8H9N5OS/c1-3-4-6(9)11-2-12-8(4)15-5(3)7(14)13-10/h2H,10H2,1H3,(H,13,14)(H2,9,11,12). The van der Waals surface area contributed by atoms with Gasteiger partial charge >= 0.3 is 0 Å². The van der Waals surface area contributed by atoms with E-state index in [1.807, 2.05) is 0 Å². The summed E-state index contributed by atoms with van der Waals surface area (Å²) in [6, 6.07) is 0. The van der Waals surface area contributed by atoms with Gasteiger partial charge in [-0.1, -0.05) is 0 Å². The molecule has 1 amide bonds. The van der Waals surface area contributed by atoms with Crippen LogP contribution in [0.4, 0.5) is 5.82 Å². The van der Waals surface area contributed by atoms with Gasteiger partial charge in [-0.2, -0.15) is 0 Å². The molecule has 0 aliphatic carbocycles. The van der Waals surface area contributed by atoms with Crippen molar-refractivity contribution in [3.05, 3.63) is 16.8 Å². The molecule has 0 saturated carbocycles. The predicted molar refractivity (Wildman–Crippen MR) is 58.2 cm³/mol. The highest BCUT2D eigenvalue weighted by atomic mass is 32.1. The van der Waals surface area contributed by atoms with Gasteiger partial charge in [-0.05, 0) is 12.5 Å². The average Bonchev–Trinajstić information content (AvgIpc) is 2.56. The summed E-state index contributed by atoms with van der Waals surface area (Å²) < 4.78 is 0. The summed E-state index contributed by atoms with van der Waals surface area (Å²) in [5, 5.41) is 0.723. The molecule has 0 atom stereocenters. The molecule has 6 nitrogen and oxygen atoms in total. The number of carbonyl (C=O) groups is 1.